The predicted molar refractivity (Wildman–Crippen MR) is 96.4 cm³/mol. The van der Waals surface area contributed by atoms with Gasteiger partial charge in [-0.05, 0) is 50.6 Å². The van der Waals surface area contributed by atoms with E-state index in [1.807, 2.05) is 6.92 Å². The highest BCUT2D eigenvalue weighted by Gasteiger charge is 2.58. The Hall–Kier alpha value is -1.14. The molecule has 3 fully saturated rings. The molecule has 2 N–H and O–H groups in total. The van der Waals surface area contributed by atoms with Crippen molar-refractivity contribution in [1.82, 2.24) is 20.8 Å². The summed E-state index contributed by atoms with van der Waals surface area (Å²) in [7, 11) is 0. The van der Waals surface area contributed by atoms with E-state index in [2.05, 4.69) is 20.8 Å². The number of hydrogen-bond acceptors (Lipinski definition) is 5. The second kappa shape index (κ2) is 7.23. The lowest BCUT2D eigenvalue weighted by Crippen LogP contribution is -2.48. The van der Waals surface area contributed by atoms with Gasteiger partial charge in [0.05, 0.1) is 0 Å². The molecule has 1 atom stereocenters. The number of carbonyl (C=O) groups is 1. The van der Waals surface area contributed by atoms with Crippen LogP contribution in [0.2, 0.25) is 0 Å². The maximum Gasteiger partial charge on any atom is 0.224 e. The summed E-state index contributed by atoms with van der Waals surface area (Å²) in [6, 6.07) is 0. The lowest BCUT2D eigenvalue weighted by atomic mass is 9.87. The van der Waals surface area contributed by atoms with E-state index < -0.39 is 5.54 Å². The molecule has 7 heteroatoms. The zero-order chi connectivity index (χ0) is 16.6. The predicted octanol–water partition coefficient (Wildman–Crippen LogP) is 2.86. The summed E-state index contributed by atoms with van der Waals surface area (Å²) in [6.07, 6.45) is 9.76. The zero-order valence-electron chi connectivity index (χ0n) is 15.0. The van der Waals surface area contributed by atoms with Gasteiger partial charge in [0.2, 0.25) is 11.8 Å². The van der Waals surface area contributed by atoms with Crippen LogP contribution in [0.4, 0.5) is 0 Å². The van der Waals surface area contributed by atoms with Crippen LogP contribution in [0.15, 0.2) is 4.52 Å². The number of aryl methyl sites for hydroxylation is 1. The van der Waals surface area contributed by atoms with Gasteiger partial charge in [0, 0.05) is 12.8 Å². The van der Waals surface area contributed by atoms with Gasteiger partial charge in [-0.3, -0.25) is 4.79 Å². The number of piperidine rings is 1. The van der Waals surface area contributed by atoms with E-state index in [0.29, 0.717) is 11.7 Å². The summed E-state index contributed by atoms with van der Waals surface area (Å²) in [5.41, 5.74) is -0.170. The molecule has 2 saturated carbocycles. The topological polar surface area (TPSA) is 80.0 Å². The number of hydrogen-bond donors (Lipinski definition) is 2. The summed E-state index contributed by atoms with van der Waals surface area (Å²) in [6.45, 7) is 3.89. The third kappa shape index (κ3) is 3.56. The first-order valence-corrected chi connectivity index (χ1v) is 9.47. The average molecular weight is 369 g/mol. The first-order chi connectivity index (χ1) is 11.6. The number of nitrogens with zero attached hydrogens (tertiary/aromatic N) is 2. The molecule has 1 aromatic rings. The van der Waals surface area contributed by atoms with Crippen LogP contribution in [-0.2, 0) is 10.3 Å². The highest BCUT2D eigenvalue weighted by molar-refractivity contribution is 5.85. The standard InChI is InChI=1S/C18H28N4O2.ClH/c1-13-20-16(22-24-13)18(6-4-2-3-5-7-18)21-15(23)14-12-17(14)8-10-19-11-9-17;/h14,19H,2-12H2,1H3,(H,21,23);1H. The average Bonchev–Trinajstić information content (AvgIpc) is 3.18. The first kappa shape index (κ1) is 18.6. The van der Waals surface area contributed by atoms with E-state index in [1.165, 1.54) is 12.8 Å². The van der Waals surface area contributed by atoms with Gasteiger partial charge in [0.1, 0.15) is 5.54 Å². The largest absolute Gasteiger partial charge is 0.343 e. The molecule has 0 radical (unpaired) electrons. The quantitative estimate of drug-likeness (QED) is 0.802. The van der Waals surface area contributed by atoms with Crippen LogP contribution < -0.4 is 10.6 Å². The molecule has 1 aliphatic heterocycles. The zero-order valence-corrected chi connectivity index (χ0v) is 15.8. The van der Waals surface area contributed by atoms with E-state index in [1.54, 1.807) is 0 Å². The second-order valence-electron chi connectivity index (χ2n) is 7.99. The molecule has 1 saturated heterocycles. The second-order valence-corrected chi connectivity index (χ2v) is 7.99. The minimum atomic E-state index is -0.429. The lowest BCUT2D eigenvalue weighted by molar-refractivity contribution is -0.125. The minimum Gasteiger partial charge on any atom is -0.343 e. The van der Waals surface area contributed by atoms with Gasteiger partial charge in [-0.25, -0.2) is 0 Å². The molecule has 1 spiro atoms. The molecule has 0 bridgehead atoms. The molecular formula is C18H29ClN4O2. The third-order valence-electron chi connectivity index (χ3n) is 6.38. The van der Waals surface area contributed by atoms with Crippen LogP contribution in [0.1, 0.15) is 69.5 Å². The van der Waals surface area contributed by atoms with Crippen LogP contribution in [-0.4, -0.2) is 29.1 Å². The van der Waals surface area contributed by atoms with Crippen molar-refractivity contribution >= 4 is 18.3 Å². The van der Waals surface area contributed by atoms with E-state index in [9.17, 15) is 4.79 Å². The number of halogens is 1. The number of amides is 1. The molecule has 4 rings (SSSR count). The van der Waals surface area contributed by atoms with Crippen molar-refractivity contribution in [2.75, 3.05) is 13.1 Å². The fourth-order valence-corrected chi connectivity index (χ4v) is 4.75. The van der Waals surface area contributed by atoms with Crippen molar-refractivity contribution < 1.29 is 9.32 Å². The van der Waals surface area contributed by atoms with Gasteiger partial charge < -0.3 is 15.2 Å². The smallest absolute Gasteiger partial charge is 0.224 e. The van der Waals surface area contributed by atoms with Crippen molar-refractivity contribution in [3.8, 4) is 0 Å². The summed E-state index contributed by atoms with van der Waals surface area (Å²) in [5, 5.41) is 11.0. The van der Waals surface area contributed by atoms with Gasteiger partial charge in [-0.15, -0.1) is 12.4 Å². The molecule has 2 heterocycles. The Morgan fingerprint density at radius 3 is 2.44 bits per heavy atom. The molecule has 0 aromatic carbocycles. The van der Waals surface area contributed by atoms with E-state index in [0.717, 1.165) is 58.0 Å². The molecule has 1 aromatic heterocycles. The maximum atomic E-state index is 13.0. The summed E-state index contributed by atoms with van der Waals surface area (Å²) in [5.74, 6) is 1.63. The number of carbonyl (C=O) groups excluding carboxylic acids is 1. The van der Waals surface area contributed by atoms with Gasteiger partial charge in [0.15, 0.2) is 5.82 Å². The van der Waals surface area contributed by atoms with E-state index in [4.69, 9.17) is 4.52 Å². The van der Waals surface area contributed by atoms with Crippen LogP contribution in [0.3, 0.4) is 0 Å². The molecule has 1 amide bonds. The lowest BCUT2D eigenvalue weighted by Gasteiger charge is -2.31. The normalized spacial score (nSPS) is 27.2. The molecule has 140 valence electrons. The van der Waals surface area contributed by atoms with Gasteiger partial charge in [0.25, 0.3) is 0 Å². The first-order valence-electron chi connectivity index (χ1n) is 9.47. The Labute approximate surface area is 155 Å². The maximum absolute atomic E-state index is 13.0. The van der Waals surface area contributed by atoms with E-state index in [-0.39, 0.29) is 29.6 Å². The Bertz CT molecular complexity index is 604. The fraction of sp³-hybridized carbons (Fsp3) is 0.833. The Morgan fingerprint density at radius 2 is 1.84 bits per heavy atom. The van der Waals surface area contributed by atoms with Crippen molar-refractivity contribution in [2.45, 2.75) is 70.3 Å². The SMILES string of the molecule is Cc1nc(C2(NC(=O)C3CC34CCNCC4)CCCCCC2)no1.Cl. The fourth-order valence-electron chi connectivity index (χ4n) is 4.75. The Kier molecular flexibility index (Phi) is 5.40. The Morgan fingerprint density at radius 1 is 1.16 bits per heavy atom. The summed E-state index contributed by atoms with van der Waals surface area (Å²) >= 11 is 0. The monoisotopic (exact) mass is 368 g/mol. The molecule has 2 aliphatic carbocycles. The highest BCUT2D eigenvalue weighted by Crippen LogP contribution is 2.58. The number of aromatic nitrogens is 2. The number of rotatable bonds is 3. The summed E-state index contributed by atoms with van der Waals surface area (Å²) < 4.78 is 5.23. The van der Waals surface area contributed by atoms with Gasteiger partial charge >= 0.3 is 0 Å². The number of nitrogens with one attached hydrogen (secondary N) is 2. The van der Waals surface area contributed by atoms with Crippen molar-refractivity contribution in [3.05, 3.63) is 11.7 Å². The van der Waals surface area contributed by atoms with Crippen molar-refractivity contribution in [3.63, 3.8) is 0 Å². The van der Waals surface area contributed by atoms with Crippen LogP contribution >= 0.6 is 12.4 Å². The molecule has 3 aliphatic rings. The van der Waals surface area contributed by atoms with Gasteiger partial charge in [-0.2, -0.15) is 4.98 Å². The molecule has 6 nitrogen and oxygen atoms in total. The molecule has 25 heavy (non-hydrogen) atoms. The van der Waals surface area contributed by atoms with Crippen LogP contribution in [0, 0.1) is 18.3 Å². The van der Waals surface area contributed by atoms with Crippen molar-refractivity contribution in [1.29, 1.82) is 0 Å². The van der Waals surface area contributed by atoms with Crippen LogP contribution in [0.5, 0.6) is 0 Å². The summed E-state index contributed by atoms with van der Waals surface area (Å²) in [4.78, 5) is 17.5. The minimum absolute atomic E-state index is 0. The Balaban J connectivity index is 0.00000182. The highest BCUT2D eigenvalue weighted by atomic mass is 35.5. The van der Waals surface area contributed by atoms with Crippen molar-refractivity contribution in [2.24, 2.45) is 11.3 Å². The third-order valence-corrected chi connectivity index (χ3v) is 6.38. The molecular weight excluding hydrogens is 340 g/mol. The molecule has 1 unspecified atom stereocenters. The van der Waals surface area contributed by atoms with Gasteiger partial charge in [-0.1, -0.05) is 30.8 Å². The van der Waals surface area contributed by atoms with Crippen LogP contribution in [0.25, 0.3) is 0 Å². The van der Waals surface area contributed by atoms with E-state index >= 15 is 0 Å².